The van der Waals surface area contributed by atoms with Crippen LogP contribution in [0.2, 0.25) is 0 Å². The summed E-state index contributed by atoms with van der Waals surface area (Å²) in [5, 5.41) is 3.45. The smallest absolute Gasteiger partial charge is 0.256 e. The van der Waals surface area contributed by atoms with Gasteiger partial charge in [0, 0.05) is 10.4 Å². The molecule has 2 aromatic rings. The van der Waals surface area contributed by atoms with Gasteiger partial charge in [-0.05, 0) is 70.3 Å². The van der Waals surface area contributed by atoms with E-state index in [1.807, 2.05) is 0 Å². The number of amides is 2. The summed E-state index contributed by atoms with van der Waals surface area (Å²) in [6.45, 7) is 6.74. The van der Waals surface area contributed by atoms with E-state index in [9.17, 15) is 9.59 Å². The number of anilines is 1. The van der Waals surface area contributed by atoms with E-state index in [-0.39, 0.29) is 11.3 Å². The lowest BCUT2D eigenvalue weighted by atomic mass is 9.72. The largest absolute Gasteiger partial charge is 0.496 e. The fourth-order valence-electron chi connectivity index (χ4n) is 3.66. The summed E-state index contributed by atoms with van der Waals surface area (Å²) in [6, 6.07) is 5.11. The Balaban J connectivity index is 1.90. The number of ether oxygens (including phenoxy) is 1. The van der Waals surface area contributed by atoms with Gasteiger partial charge < -0.3 is 15.8 Å². The lowest BCUT2D eigenvalue weighted by Gasteiger charge is -2.33. The van der Waals surface area contributed by atoms with Crippen LogP contribution in [0.15, 0.2) is 22.7 Å². The van der Waals surface area contributed by atoms with E-state index in [1.165, 1.54) is 11.3 Å². The molecular formula is C21H25BrN2O3S. The molecule has 0 saturated heterocycles. The molecule has 7 heteroatoms. The molecule has 0 spiro atoms. The van der Waals surface area contributed by atoms with Crippen molar-refractivity contribution in [1.82, 2.24) is 0 Å². The molecule has 0 aliphatic heterocycles. The van der Waals surface area contributed by atoms with Crippen molar-refractivity contribution in [3.63, 3.8) is 0 Å². The first-order valence-corrected chi connectivity index (χ1v) is 10.8. The third kappa shape index (κ3) is 4.10. The van der Waals surface area contributed by atoms with Crippen molar-refractivity contribution in [2.75, 3.05) is 12.4 Å². The highest BCUT2D eigenvalue weighted by Crippen LogP contribution is 2.44. The van der Waals surface area contributed by atoms with Crippen LogP contribution in [-0.4, -0.2) is 18.9 Å². The minimum Gasteiger partial charge on any atom is -0.496 e. The molecule has 150 valence electrons. The van der Waals surface area contributed by atoms with E-state index in [0.717, 1.165) is 29.7 Å². The molecular weight excluding hydrogens is 440 g/mol. The number of rotatable bonds is 4. The highest BCUT2D eigenvalue weighted by Gasteiger charge is 2.33. The Labute approximate surface area is 177 Å². The number of methoxy groups -OCH3 is 1. The predicted octanol–water partition coefficient (Wildman–Crippen LogP) is 5.02. The van der Waals surface area contributed by atoms with Gasteiger partial charge in [-0.3, -0.25) is 9.59 Å². The molecule has 0 radical (unpaired) electrons. The quantitative estimate of drug-likeness (QED) is 0.665. The van der Waals surface area contributed by atoms with Crippen molar-refractivity contribution in [3.8, 4) is 5.75 Å². The molecule has 28 heavy (non-hydrogen) atoms. The molecule has 1 aromatic heterocycles. The van der Waals surface area contributed by atoms with E-state index in [1.54, 1.807) is 25.3 Å². The highest BCUT2D eigenvalue weighted by molar-refractivity contribution is 9.10. The van der Waals surface area contributed by atoms with Crippen molar-refractivity contribution >= 4 is 44.1 Å². The molecule has 0 unspecified atom stereocenters. The molecule has 2 amide bonds. The van der Waals surface area contributed by atoms with Crippen LogP contribution in [0.4, 0.5) is 5.00 Å². The molecule has 5 nitrogen and oxygen atoms in total. The van der Waals surface area contributed by atoms with Gasteiger partial charge in [0.1, 0.15) is 10.8 Å². The van der Waals surface area contributed by atoms with Crippen molar-refractivity contribution in [1.29, 1.82) is 0 Å². The van der Waals surface area contributed by atoms with Gasteiger partial charge in [0.2, 0.25) is 0 Å². The van der Waals surface area contributed by atoms with Gasteiger partial charge in [0.15, 0.2) is 0 Å². The van der Waals surface area contributed by atoms with Crippen molar-refractivity contribution in [2.45, 2.75) is 40.0 Å². The number of halogens is 1. The lowest BCUT2D eigenvalue weighted by molar-refractivity contribution is 0.1000. The molecule has 1 heterocycles. The second-order valence-corrected chi connectivity index (χ2v) is 10.1. The molecule has 1 aromatic carbocycles. The van der Waals surface area contributed by atoms with E-state index >= 15 is 0 Å². The Kier molecular flexibility index (Phi) is 5.87. The molecule has 0 fully saturated rings. The number of nitrogens with two attached hydrogens (primary N) is 1. The summed E-state index contributed by atoms with van der Waals surface area (Å²) in [5.41, 5.74) is 7.82. The maximum absolute atomic E-state index is 12.8. The number of nitrogens with one attached hydrogen (secondary N) is 1. The fraction of sp³-hybridized carbons (Fsp3) is 0.429. The van der Waals surface area contributed by atoms with E-state index in [0.29, 0.717) is 32.3 Å². The minimum absolute atomic E-state index is 0.202. The minimum atomic E-state index is -0.488. The monoisotopic (exact) mass is 464 g/mol. The SMILES string of the molecule is COc1ccc(C(=O)Nc2sc3c(c2C(N)=O)CC[C@H](C(C)(C)C)C3)cc1Br. The second kappa shape index (κ2) is 7.87. The first kappa shape index (κ1) is 20.9. The predicted molar refractivity (Wildman–Crippen MR) is 116 cm³/mol. The van der Waals surface area contributed by atoms with Crippen LogP contribution in [0.3, 0.4) is 0 Å². The average molecular weight is 465 g/mol. The van der Waals surface area contributed by atoms with Gasteiger partial charge in [0.05, 0.1) is 17.1 Å². The highest BCUT2D eigenvalue weighted by atomic mass is 79.9. The molecule has 1 aliphatic rings. The van der Waals surface area contributed by atoms with Crippen LogP contribution in [0.1, 0.15) is 58.3 Å². The first-order chi connectivity index (χ1) is 13.1. The molecule has 3 N–H and O–H groups in total. The number of carbonyl (C=O) groups excluding carboxylic acids is 2. The average Bonchev–Trinajstić information content (AvgIpc) is 2.97. The normalized spacial score (nSPS) is 16.4. The van der Waals surface area contributed by atoms with Crippen LogP contribution >= 0.6 is 27.3 Å². The molecule has 0 bridgehead atoms. The van der Waals surface area contributed by atoms with Crippen molar-refractivity contribution in [2.24, 2.45) is 17.1 Å². The van der Waals surface area contributed by atoms with Gasteiger partial charge in [-0.25, -0.2) is 0 Å². The molecule has 1 atom stereocenters. The number of benzene rings is 1. The van der Waals surface area contributed by atoms with Gasteiger partial charge in [0.25, 0.3) is 11.8 Å². The Morgan fingerprint density at radius 3 is 2.61 bits per heavy atom. The fourth-order valence-corrected chi connectivity index (χ4v) is 5.53. The molecule has 0 saturated carbocycles. The standard InChI is InChI=1S/C21H25BrN2O3S/c1-21(2,3)12-6-7-13-16(10-12)28-20(17(13)18(23)25)24-19(26)11-5-8-15(27-4)14(22)9-11/h5,8-9,12H,6-7,10H2,1-4H3,(H2,23,25)(H,24,26)/t12-/m0/s1. The van der Waals surface area contributed by atoms with Crippen LogP contribution in [0.5, 0.6) is 5.75 Å². The molecule has 1 aliphatic carbocycles. The van der Waals surface area contributed by atoms with Crippen LogP contribution < -0.4 is 15.8 Å². The Morgan fingerprint density at radius 2 is 2.04 bits per heavy atom. The Morgan fingerprint density at radius 1 is 1.32 bits per heavy atom. The van der Waals surface area contributed by atoms with E-state index < -0.39 is 5.91 Å². The summed E-state index contributed by atoms with van der Waals surface area (Å²) in [5.74, 6) is 0.421. The van der Waals surface area contributed by atoms with E-state index in [2.05, 4.69) is 42.0 Å². The number of fused-ring (bicyclic) bond motifs is 1. The number of thiophene rings is 1. The summed E-state index contributed by atoms with van der Waals surface area (Å²) in [6.07, 6.45) is 2.75. The lowest BCUT2D eigenvalue weighted by Crippen LogP contribution is -2.27. The summed E-state index contributed by atoms with van der Waals surface area (Å²) in [7, 11) is 1.57. The topological polar surface area (TPSA) is 81.4 Å². The van der Waals surface area contributed by atoms with Crippen molar-refractivity contribution < 1.29 is 14.3 Å². The maximum atomic E-state index is 12.8. The van der Waals surface area contributed by atoms with E-state index in [4.69, 9.17) is 10.5 Å². The molecule has 3 rings (SSSR count). The van der Waals surface area contributed by atoms with Crippen LogP contribution in [0, 0.1) is 11.3 Å². The van der Waals surface area contributed by atoms with Gasteiger partial charge in [-0.1, -0.05) is 20.8 Å². The number of carbonyl (C=O) groups is 2. The summed E-state index contributed by atoms with van der Waals surface area (Å²) in [4.78, 5) is 26.1. The van der Waals surface area contributed by atoms with Crippen LogP contribution in [0.25, 0.3) is 0 Å². The summed E-state index contributed by atoms with van der Waals surface area (Å²) < 4.78 is 5.89. The number of hydrogen-bond acceptors (Lipinski definition) is 4. The third-order valence-electron chi connectivity index (χ3n) is 5.38. The van der Waals surface area contributed by atoms with Gasteiger partial charge in [-0.2, -0.15) is 0 Å². The summed E-state index contributed by atoms with van der Waals surface area (Å²) >= 11 is 4.87. The maximum Gasteiger partial charge on any atom is 0.256 e. The van der Waals surface area contributed by atoms with Gasteiger partial charge >= 0.3 is 0 Å². The Bertz CT molecular complexity index is 930. The zero-order valence-corrected chi connectivity index (χ0v) is 18.9. The number of primary amides is 1. The van der Waals surface area contributed by atoms with Crippen molar-refractivity contribution in [3.05, 3.63) is 44.2 Å². The number of hydrogen-bond donors (Lipinski definition) is 2. The van der Waals surface area contributed by atoms with Crippen LogP contribution in [-0.2, 0) is 12.8 Å². The van der Waals surface area contributed by atoms with Gasteiger partial charge in [-0.15, -0.1) is 11.3 Å². The third-order valence-corrected chi connectivity index (χ3v) is 7.17. The second-order valence-electron chi connectivity index (χ2n) is 8.18. The Hall–Kier alpha value is -1.86. The first-order valence-electron chi connectivity index (χ1n) is 9.21. The zero-order chi connectivity index (χ0) is 20.6. The zero-order valence-electron chi connectivity index (χ0n) is 16.5.